The van der Waals surface area contributed by atoms with Crippen molar-refractivity contribution in [3.8, 4) is 0 Å². The lowest BCUT2D eigenvalue weighted by Gasteiger charge is -2.01. The van der Waals surface area contributed by atoms with E-state index in [4.69, 9.17) is 0 Å². The minimum Gasteiger partial charge on any atom is -0.311 e. The molecule has 13 heavy (non-hydrogen) atoms. The van der Waals surface area contributed by atoms with Crippen LogP contribution in [0.5, 0.6) is 0 Å². The van der Waals surface area contributed by atoms with Crippen molar-refractivity contribution < 1.29 is 4.79 Å². The van der Waals surface area contributed by atoms with E-state index in [1.54, 1.807) is 12.3 Å². The van der Waals surface area contributed by atoms with Crippen LogP contribution in [-0.4, -0.2) is 16.2 Å². The number of nitrogens with zero attached hydrogens (tertiary/aromatic N) is 1. The van der Waals surface area contributed by atoms with Crippen LogP contribution in [0.1, 0.15) is 6.42 Å². The van der Waals surface area contributed by atoms with Gasteiger partial charge in [-0.1, -0.05) is 15.9 Å². The molecular formula is C8H8Br2N2O. The molecule has 0 aliphatic heterocycles. The number of carbonyl (C=O) groups is 1. The van der Waals surface area contributed by atoms with E-state index in [0.29, 0.717) is 17.6 Å². The van der Waals surface area contributed by atoms with Crippen LogP contribution in [0.4, 0.5) is 5.82 Å². The fourth-order valence-electron chi connectivity index (χ4n) is 0.741. The maximum atomic E-state index is 11.1. The molecule has 1 heterocycles. The number of halogens is 2. The Hall–Kier alpha value is -0.420. The van der Waals surface area contributed by atoms with Crippen molar-refractivity contribution in [3.05, 3.63) is 22.8 Å². The Morgan fingerprint density at radius 1 is 1.54 bits per heavy atom. The Bertz CT molecular complexity index is 287. The number of rotatable bonds is 3. The third kappa shape index (κ3) is 3.87. The molecule has 3 nitrogen and oxygen atoms in total. The molecule has 0 radical (unpaired) electrons. The van der Waals surface area contributed by atoms with Crippen molar-refractivity contribution in [1.29, 1.82) is 0 Å². The van der Waals surface area contributed by atoms with Crippen molar-refractivity contribution in [2.75, 3.05) is 10.6 Å². The van der Waals surface area contributed by atoms with Gasteiger partial charge in [-0.25, -0.2) is 4.98 Å². The Morgan fingerprint density at radius 2 is 2.31 bits per heavy atom. The summed E-state index contributed by atoms with van der Waals surface area (Å²) in [4.78, 5) is 15.1. The molecule has 1 N–H and O–H groups in total. The van der Waals surface area contributed by atoms with Crippen molar-refractivity contribution in [1.82, 2.24) is 4.98 Å². The highest BCUT2D eigenvalue weighted by atomic mass is 79.9. The molecule has 0 saturated heterocycles. The number of pyridine rings is 1. The summed E-state index contributed by atoms with van der Waals surface area (Å²) < 4.78 is 0.894. The van der Waals surface area contributed by atoms with E-state index in [1.807, 2.05) is 6.07 Å². The summed E-state index contributed by atoms with van der Waals surface area (Å²) in [5.74, 6) is 0.542. The van der Waals surface area contributed by atoms with Gasteiger partial charge in [-0.3, -0.25) is 4.79 Å². The van der Waals surface area contributed by atoms with E-state index in [1.165, 1.54) is 0 Å². The van der Waals surface area contributed by atoms with Gasteiger partial charge in [-0.15, -0.1) is 0 Å². The molecule has 5 heteroatoms. The first-order valence-electron chi connectivity index (χ1n) is 3.70. The van der Waals surface area contributed by atoms with Crippen LogP contribution in [0.15, 0.2) is 22.8 Å². The van der Waals surface area contributed by atoms with Gasteiger partial charge < -0.3 is 5.32 Å². The van der Waals surface area contributed by atoms with E-state index in [2.05, 4.69) is 42.2 Å². The molecule has 70 valence electrons. The fraction of sp³-hybridized carbons (Fsp3) is 0.250. The first kappa shape index (κ1) is 10.7. The highest BCUT2D eigenvalue weighted by molar-refractivity contribution is 9.10. The van der Waals surface area contributed by atoms with Gasteiger partial charge in [0.05, 0.1) is 0 Å². The maximum Gasteiger partial charge on any atom is 0.226 e. The highest BCUT2D eigenvalue weighted by Crippen LogP contribution is 2.10. The van der Waals surface area contributed by atoms with Crippen LogP contribution in [0.25, 0.3) is 0 Å². The molecule has 0 aliphatic carbocycles. The Morgan fingerprint density at radius 3 is 2.85 bits per heavy atom. The van der Waals surface area contributed by atoms with Gasteiger partial charge in [0, 0.05) is 22.4 Å². The van der Waals surface area contributed by atoms with Crippen molar-refractivity contribution in [2.45, 2.75) is 6.42 Å². The van der Waals surface area contributed by atoms with Crippen LogP contribution in [0.2, 0.25) is 0 Å². The van der Waals surface area contributed by atoms with Crippen LogP contribution in [-0.2, 0) is 4.79 Å². The van der Waals surface area contributed by atoms with Crippen LogP contribution < -0.4 is 5.32 Å². The summed E-state index contributed by atoms with van der Waals surface area (Å²) in [6, 6.07) is 3.58. The van der Waals surface area contributed by atoms with E-state index < -0.39 is 0 Å². The van der Waals surface area contributed by atoms with Gasteiger partial charge in [-0.2, -0.15) is 0 Å². The predicted octanol–water partition coefficient (Wildman–Crippen LogP) is 2.57. The molecule has 1 amide bonds. The lowest BCUT2D eigenvalue weighted by Crippen LogP contribution is -2.12. The van der Waals surface area contributed by atoms with Gasteiger partial charge in [-0.05, 0) is 28.1 Å². The van der Waals surface area contributed by atoms with Gasteiger partial charge in [0.25, 0.3) is 0 Å². The molecule has 0 saturated carbocycles. The summed E-state index contributed by atoms with van der Waals surface area (Å²) >= 11 is 6.45. The lowest BCUT2D eigenvalue weighted by atomic mass is 10.4. The SMILES string of the molecule is O=C(CCBr)Nc1ccc(Br)cn1. The third-order valence-electron chi connectivity index (χ3n) is 1.32. The Labute approximate surface area is 93.2 Å². The molecule has 1 aromatic heterocycles. The van der Waals surface area contributed by atoms with Crippen LogP contribution in [0.3, 0.4) is 0 Å². The molecule has 0 unspecified atom stereocenters. The normalized spacial score (nSPS) is 9.69. The average molecular weight is 308 g/mol. The van der Waals surface area contributed by atoms with Gasteiger partial charge in [0.15, 0.2) is 0 Å². The molecule has 0 atom stereocenters. The first-order valence-corrected chi connectivity index (χ1v) is 5.61. The lowest BCUT2D eigenvalue weighted by molar-refractivity contribution is -0.115. The number of nitrogens with one attached hydrogen (secondary N) is 1. The molecule has 0 aromatic carbocycles. The molecule has 0 bridgehead atoms. The van der Waals surface area contributed by atoms with Gasteiger partial charge in [0.2, 0.25) is 5.91 Å². The second kappa shape index (κ2) is 5.34. The summed E-state index contributed by atoms with van der Waals surface area (Å²) in [5.41, 5.74) is 0. The number of anilines is 1. The topological polar surface area (TPSA) is 42.0 Å². The predicted molar refractivity (Wildman–Crippen MR) is 59.0 cm³/mol. The second-order valence-electron chi connectivity index (χ2n) is 2.35. The number of hydrogen-bond acceptors (Lipinski definition) is 2. The van der Waals surface area contributed by atoms with Crippen molar-refractivity contribution in [2.24, 2.45) is 0 Å². The van der Waals surface area contributed by atoms with E-state index in [0.717, 1.165) is 4.47 Å². The zero-order chi connectivity index (χ0) is 9.68. The summed E-state index contributed by atoms with van der Waals surface area (Å²) in [6.07, 6.45) is 2.10. The minimum absolute atomic E-state index is 0.0355. The minimum atomic E-state index is -0.0355. The molecule has 1 rings (SSSR count). The standard InChI is InChI=1S/C8H8Br2N2O/c9-4-3-8(13)12-7-2-1-6(10)5-11-7/h1-2,5H,3-4H2,(H,11,12,13). The van der Waals surface area contributed by atoms with Crippen molar-refractivity contribution >= 4 is 43.6 Å². The van der Waals surface area contributed by atoms with Gasteiger partial charge >= 0.3 is 0 Å². The number of alkyl halides is 1. The van der Waals surface area contributed by atoms with Crippen LogP contribution >= 0.6 is 31.9 Å². The summed E-state index contributed by atoms with van der Waals surface area (Å²) in [7, 11) is 0. The van der Waals surface area contributed by atoms with Gasteiger partial charge in [0.1, 0.15) is 5.82 Å². The molecule has 1 aromatic rings. The number of hydrogen-bond donors (Lipinski definition) is 1. The molecule has 0 fully saturated rings. The monoisotopic (exact) mass is 306 g/mol. The van der Waals surface area contributed by atoms with E-state index >= 15 is 0 Å². The number of aromatic nitrogens is 1. The Balaban J connectivity index is 2.54. The smallest absolute Gasteiger partial charge is 0.226 e. The van der Waals surface area contributed by atoms with Crippen molar-refractivity contribution in [3.63, 3.8) is 0 Å². The molecular weight excluding hydrogens is 300 g/mol. The Kier molecular flexibility index (Phi) is 4.38. The largest absolute Gasteiger partial charge is 0.311 e. The zero-order valence-electron chi connectivity index (χ0n) is 6.76. The maximum absolute atomic E-state index is 11.1. The van der Waals surface area contributed by atoms with E-state index in [9.17, 15) is 4.79 Å². The zero-order valence-corrected chi connectivity index (χ0v) is 9.93. The fourth-order valence-corrected chi connectivity index (χ4v) is 1.34. The first-order chi connectivity index (χ1) is 6.22. The molecule has 0 aliphatic rings. The average Bonchev–Trinajstić information content (AvgIpc) is 2.09. The third-order valence-corrected chi connectivity index (χ3v) is 2.18. The number of amides is 1. The van der Waals surface area contributed by atoms with Crippen LogP contribution in [0, 0.1) is 0 Å². The summed E-state index contributed by atoms with van der Waals surface area (Å²) in [6.45, 7) is 0. The quantitative estimate of drug-likeness (QED) is 0.872. The second-order valence-corrected chi connectivity index (χ2v) is 4.06. The van der Waals surface area contributed by atoms with E-state index in [-0.39, 0.29) is 5.91 Å². The summed E-state index contributed by atoms with van der Waals surface area (Å²) in [5, 5.41) is 3.33. The molecule has 0 spiro atoms. The number of carbonyl (C=O) groups excluding carboxylic acids is 1. The highest BCUT2D eigenvalue weighted by Gasteiger charge is 2.00.